The highest BCUT2D eigenvalue weighted by Gasteiger charge is 2.23. The molecule has 2 heteroatoms. The Balaban J connectivity index is 2.27. The van der Waals surface area contributed by atoms with Crippen LogP contribution in [-0.2, 0) is 4.79 Å². The van der Waals surface area contributed by atoms with Gasteiger partial charge < -0.3 is 5.32 Å². The maximum absolute atomic E-state index is 11.5. The Bertz CT molecular complexity index is 181. The van der Waals surface area contributed by atoms with Gasteiger partial charge in [-0.3, -0.25) is 4.79 Å². The van der Waals surface area contributed by atoms with Crippen LogP contribution >= 0.6 is 0 Å². The van der Waals surface area contributed by atoms with Crippen LogP contribution in [0.15, 0.2) is 12.7 Å². The molecule has 0 aliphatic heterocycles. The molecule has 74 valence electrons. The summed E-state index contributed by atoms with van der Waals surface area (Å²) in [6.45, 7) is 6.44. The van der Waals surface area contributed by atoms with Crippen LogP contribution in [0, 0.1) is 11.8 Å². The smallest absolute Gasteiger partial charge is 0.223 e. The summed E-state index contributed by atoms with van der Waals surface area (Å²) in [6, 6.07) is 0. The first-order chi connectivity index (χ1) is 6.24. The average molecular weight is 181 g/mol. The van der Waals surface area contributed by atoms with Crippen LogP contribution in [0.5, 0.6) is 0 Å². The van der Waals surface area contributed by atoms with Crippen molar-refractivity contribution in [1.29, 1.82) is 0 Å². The Morgan fingerprint density at radius 1 is 1.46 bits per heavy atom. The van der Waals surface area contributed by atoms with Crippen molar-refractivity contribution in [3.63, 3.8) is 0 Å². The largest absolute Gasteiger partial charge is 0.352 e. The molecule has 0 aromatic carbocycles. The minimum absolute atomic E-state index is 0.215. The summed E-state index contributed by atoms with van der Waals surface area (Å²) in [7, 11) is 0. The van der Waals surface area contributed by atoms with Gasteiger partial charge in [0.25, 0.3) is 0 Å². The van der Waals surface area contributed by atoms with Crippen LogP contribution in [0.4, 0.5) is 0 Å². The third-order valence-corrected chi connectivity index (χ3v) is 2.81. The van der Waals surface area contributed by atoms with E-state index in [1.54, 1.807) is 6.08 Å². The van der Waals surface area contributed by atoms with Gasteiger partial charge >= 0.3 is 0 Å². The predicted octanol–water partition coefficient (Wildman–Crippen LogP) is 2.11. The lowest BCUT2D eigenvalue weighted by Crippen LogP contribution is -2.32. The van der Waals surface area contributed by atoms with Crippen LogP contribution in [0.25, 0.3) is 0 Å². The maximum atomic E-state index is 11.5. The van der Waals surface area contributed by atoms with E-state index in [9.17, 15) is 4.79 Å². The summed E-state index contributed by atoms with van der Waals surface area (Å²) in [6.07, 6.45) is 6.25. The lowest BCUT2D eigenvalue weighted by atomic mass is 9.82. The van der Waals surface area contributed by atoms with Gasteiger partial charge in [-0.25, -0.2) is 0 Å². The number of nitrogens with one attached hydrogen (secondary N) is 1. The van der Waals surface area contributed by atoms with E-state index in [-0.39, 0.29) is 11.8 Å². The van der Waals surface area contributed by atoms with Crippen molar-refractivity contribution in [2.75, 3.05) is 6.54 Å². The SMILES string of the molecule is C=CCNC(=O)C1CCC(C)CC1. The van der Waals surface area contributed by atoms with E-state index >= 15 is 0 Å². The normalized spacial score (nSPS) is 28.1. The van der Waals surface area contributed by atoms with Gasteiger partial charge in [0.05, 0.1) is 0 Å². The average Bonchev–Trinajstić information content (AvgIpc) is 2.15. The monoisotopic (exact) mass is 181 g/mol. The zero-order chi connectivity index (χ0) is 9.68. The molecule has 0 atom stereocenters. The second-order valence-electron chi connectivity index (χ2n) is 3.99. The molecule has 0 bridgehead atoms. The highest BCUT2D eigenvalue weighted by molar-refractivity contribution is 5.78. The van der Waals surface area contributed by atoms with E-state index in [0.29, 0.717) is 6.54 Å². The van der Waals surface area contributed by atoms with E-state index in [1.807, 2.05) is 0 Å². The Hall–Kier alpha value is -0.790. The molecule has 0 aromatic rings. The third kappa shape index (κ3) is 3.21. The van der Waals surface area contributed by atoms with Gasteiger partial charge in [-0.15, -0.1) is 6.58 Å². The van der Waals surface area contributed by atoms with Crippen molar-refractivity contribution < 1.29 is 4.79 Å². The van der Waals surface area contributed by atoms with Crippen LogP contribution in [-0.4, -0.2) is 12.5 Å². The fourth-order valence-corrected chi connectivity index (χ4v) is 1.84. The minimum atomic E-state index is 0.215. The topological polar surface area (TPSA) is 29.1 Å². The molecule has 1 amide bonds. The Morgan fingerprint density at radius 2 is 2.08 bits per heavy atom. The standard InChI is InChI=1S/C11H19NO/c1-3-8-12-11(13)10-6-4-9(2)5-7-10/h3,9-10H,1,4-8H2,2H3,(H,12,13). The van der Waals surface area contributed by atoms with Crippen molar-refractivity contribution in [2.45, 2.75) is 32.6 Å². The molecule has 0 heterocycles. The molecule has 1 aliphatic rings. The van der Waals surface area contributed by atoms with Crippen molar-refractivity contribution in [3.8, 4) is 0 Å². The Morgan fingerprint density at radius 3 is 2.62 bits per heavy atom. The summed E-state index contributed by atoms with van der Waals surface area (Å²) in [5.41, 5.74) is 0. The van der Waals surface area contributed by atoms with Gasteiger partial charge in [-0.2, -0.15) is 0 Å². The molecule has 1 aliphatic carbocycles. The van der Waals surface area contributed by atoms with E-state index in [4.69, 9.17) is 0 Å². The number of carbonyl (C=O) groups is 1. The van der Waals surface area contributed by atoms with E-state index in [1.165, 1.54) is 12.8 Å². The molecule has 0 saturated heterocycles. The molecular weight excluding hydrogens is 162 g/mol. The Labute approximate surface area is 80.4 Å². The van der Waals surface area contributed by atoms with Crippen molar-refractivity contribution in [1.82, 2.24) is 5.32 Å². The number of hydrogen-bond acceptors (Lipinski definition) is 1. The van der Waals surface area contributed by atoms with E-state index < -0.39 is 0 Å². The summed E-state index contributed by atoms with van der Waals surface area (Å²) < 4.78 is 0. The van der Waals surface area contributed by atoms with Crippen molar-refractivity contribution in [3.05, 3.63) is 12.7 Å². The van der Waals surface area contributed by atoms with Crippen molar-refractivity contribution in [2.24, 2.45) is 11.8 Å². The van der Waals surface area contributed by atoms with Gasteiger partial charge in [-0.1, -0.05) is 13.0 Å². The summed E-state index contributed by atoms with van der Waals surface area (Å²) in [5, 5.41) is 2.86. The first-order valence-electron chi connectivity index (χ1n) is 5.12. The predicted molar refractivity (Wildman–Crippen MR) is 54.3 cm³/mol. The summed E-state index contributed by atoms with van der Waals surface area (Å²) in [5.74, 6) is 1.28. The molecular formula is C11H19NO. The van der Waals surface area contributed by atoms with Gasteiger partial charge in [0.15, 0.2) is 0 Å². The highest BCUT2D eigenvalue weighted by atomic mass is 16.1. The molecule has 0 unspecified atom stereocenters. The van der Waals surface area contributed by atoms with Crippen LogP contribution in [0.1, 0.15) is 32.6 Å². The molecule has 1 fully saturated rings. The molecule has 0 aromatic heterocycles. The second kappa shape index (κ2) is 5.05. The zero-order valence-electron chi connectivity index (χ0n) is 8.38. The van der Waals surface area contributed by atoms with Crippen molar-refractivity contribution >= 4 is 5.91 Å². The first kappa shape index (κ1) is 10.3. The quantitative estimate of drug-likeness (QED) is 0.664. The second-order valence-corrected chi connectivity index (χ2v) is 3.99. The van der Waals surface area contributed by atoms with Gasteiger partial charge in [-0.05, 0) is 31.6 Å². The number of amides is 1. The molecule has 0 radical (unpaired) electrons. The molecule has 1 N–H and O–H groups in total. The van der Waals surface area contributed by atoms with Gasteiger partial charge in [0.1, 0.15) is 0 Å². The molecule has 0 spiro atoms. The van der Waals surface area contributed by atoms with E-state index in [2.05, 4.69) is 18.8 Å². The zero-order valence-corrected chi connectivity index (χ0v) is 8.38. The highest BCUT2D eigenvalue weighted by Crippen LogP contribution is 2.28. The lowest BCUT2D eigenvalue weighted by Gasteiger charge is -2.24. The number of hydrogen-bond donors (Lipinski definition) is 1. The lowest BCUT2D eigenvalue weighted by molar-refractivity contribution is -0.125. The summed E-state index contributed by atoms with van der Waals surface area (Å²) in [4.78, 5) is 11.5. The Kier molecular flexibility index (Phi) is 4.00. The fraction of sp³-hybridized carbons (Fsp3) is 0.727. The number of carbonyl (C=O) groups excluding carboxylic acids is 1. The fourth-order valence-electron chi connectivity index (χ4n) is 1.84. The maximum Gasteiger partial charge on any atom is 0.223 e. The van der Waals surface area contributed by atoms with Crippen LogP contribution in [0.3, 0.4) is 0 Å². The minimum Gasteiger partial charge on any atom is -0.352 e. The molecule has 2 nitrogen and oxygen atoms in total. The molecule has 1 saturated carbocycles. The number of rotatable bonds is 3. The van der Waals surface area contributed by atoms with E-state index in [0.717, 1.165) is 18.8 Å². The summed E-state index contributed by atoms with van der Waals surface area (Å²) >= 11 is 0. The first-order valence-corrected chi connectivity index (χ1v) is 5.12. The molecule has 1 rings (SSSR count). The molecule has 13 heavy (non-hydrogen) atoms. The van der Waals surface area contributed by atoms with Gasteiger partial charge in [0.2, 0.25) is 5.91 Å². The third-order valence-electron chi connectivity index (χ3n) is 2.81. The van der Waals surface area contributed by atoms with Gasteiger partial charge in [0, 0.05) is 12.5 Å². The van der Waals surface area contributed by atoms with Crippen LogP contribution < -0.4 is 5.32 Å². The van der Waals surface area contributed by atoms with Crippen LogP contribution in [0.2, 0.25) is 0 Å².